The Morgan fingerprint density at radius 3 is 2.88 bits per heavy atom. The molecule has 0 spiro atoms. The SMILES string of the molecule is CSc1ccc([C@H]2C[C@H](O)[C@@H](CO)O2)c(Cl)n1. The number of rotatable bonds is 3. The molecule has 0 bridgehead atoms. The molecular formula is C11H14ClNO3S. The van der Waals surface area contributed by atoms with E-state index in [1.54, 1.807) is 0 Å². The first kappa shape index (κ1) is 13.1. The van der Waals surface area contributed by atoms with Crippen LogP contribution in [0.5, 0.6) is 0 Å². The summed E-state index contributed by atoms with van der Waals surface area (Å²) in [6, 6.07) is 3.73. The van der Waals surface area contributed by atoms with Crippen molar-refractivity contribution in [3.8, 4) is 0 Å². The van der Waals surface area contributed by atoms with Crippen LogP contribution in [-0.4, -0.2) is 40.3 Å². The summed E-state index contributed by atoms with van der Waals surface area (Å²) in [6.07, 6.45) is 0.886. The Kier molecular flexibility index (Phi) is 4.27. The van der Waals surface area contributed by atoms with E-state index >= 15 is 0 Å². The Morgan fingerprint density at radius 2 is 2.35 bits per heavy atom. The van der Waals surface area contributed by atoms with Crippen LogP contribution in [0.1, 0.15) is 18.1 Å². The van der Waals surface area contributed by atoms with Crippen LogP contribution < -0.4 is 0 Å². The lowest BCUT2D eigenvalue weighted by molar-refractivity contribution is -0.0226. The van der Waals surface area contributed by atoms with Gasteiger partial charge in [-0.1, -0.05) is 17.7 Å². The zero-order valence-corrected chi connectivity index (χ0v) is 10.9. The molecule has 6 heteroatoms. The first-order valence-electron chi connectivity index (χ1n) is 5.30. The van der Waals surface area contributed by atoms with E-state index in [-0.39, 0.29) is 12.7 Å². The minimum absolute atomic E-state index is 0.189. The lowest BCUT2D eigenvalue weighted by Crippen LogP contribution is -2.24. The average molecular weight is 276 g/mol. The number of thioether (sulfide) groups is 1. The fraction of sp³-hybridized carbons (Fsp3) is 0.545. The Morgan fingerprint density at radius 1 is 1.59 bits per heavy atom. The highest BCUT2D eigenvalue weighted by Crippen LogP contribution is 2.36. The topological polar surface area (TPSA) is 62.6 Å². The summed E-state index contributed by atoms with van der Waals surface area (Å²) in [4.78, 5) is 4.22. The molecule has 2 rings (SSSR count). The van der Waals surface area contributed by atoms with Gasteiger partial charge in [0.1, 0.15) is 11.3 Å². The summed E-state index contributed by atoms with van der Waals surface area (Å²) in [5, 5.41) is 19.9. The van der Waals surface area contributed by atoms with E-state index in [0.29, 0.717) is 11.6 Å². The highest BCUT2D eigenvalue weighted by molar-refractivity contribution is 7.98. The number of halogens is 1. The van der Waals surface area contributed by atoms with Crippen LogP contribution in [-0.2, 0) is 4.74 Å². The molecule has 4 nitrogen and oxygen atoms in total. The molecule has 94 valence electrons. The van der Waals surface area contributed by atoms with Gasteiger partial charge in [0.05, 0.1) is 23.8 Å². The zero-order chi connectivity index (χ0) is 12.4. The second kappa shape index (κ2) is 5.54. The van der Waals surface area contributed by atoms with Crippen LogP contribution in [0.2, 0.25) is 5.15 Å². The quantitative estimate of drug-likeness (QED) is 0.649. The van der Waals surface area contributed by atoms with E-state index in [9.17, 15) is 5.11 Å². The predicted molar refractivity (Wildman–Crippen MR) is 66.4 cm³/mol. The van der Waals surface area contributed by atoms with Crippen LogP contribution >= 0.6 is 23.4 Å². The monoisotopic (exact) mass is 275 g/mol. The number of hydrogen-bond acceptors (Lipinski definition) is 5. The highest BCUT2D eigenvalue weighted by atomic mass is 35.5. The summed E-state index contributed by atoms with van der Waals surface area (Å²) in [7, 11) is 0. The number of nitrogens with zero attached hydrogens (tertiary/aromatic N) is 1. The minimum atomic E-state index is -0.652. The van der Waals surface area contributed by atoms with Gasteiger partial charge in [-0.2, -0.15) is 0 Å². The number of aliphatic hydroxyl groups excluding tert-OH is 2. The van der Waals surface area contributed by atoms with E-state index in [2.05, 4.69) is 4.98 Å². The molecule has 0 saturated carbocycles. The lowest BCUT2D eigenvalue weighted by Gasteiger charge is -2.13. The van der Waals surface area contributed by atoms with Gasteiger partial charge in [0, 0.05) is 12.0 Å². The fourth-order valence-electron chi connectivity index (χ4n) is 1.88. The lowest BCUT2D eigenvalue weighted by atomic mass is 10.1. The van der Waals surface area contributed by atoms with E-state index in [4.69, 9.17) is 21.4 Å². The first-order chi connectivity index (χ1) is 8.15. The molecule has 3 atom stereocenters. The van der Waals surface area contributed by atoms with Gasteiger partial charge in [-0.05, 0) is 12.3 Å². The smallest absolute Gasteiger partial charge is 0.136 e. The van der Waals surface area contributed by atoms with E-state index in [0.717, 1.165) is 10.6 Å². The van der Waals surface area contributed by atoms with Crippen molar-refractivity contribution in [2.75, 3.05) is 12.9 Å². The maximum absolute atomic E-state index is 9.66. The van der Waals surface area contributed by atoms with E-state index < -0.39 is 12.2 Å². The van der Waals surface area contributed by atoms with Crippen LogP contribution in [0.25, 0.3) is 0 Å². The van der Waals surface area contributed by atoms with Crippen molar-refractivity contribution in [2.24, 2.45) is 0 Å². The van der Waals surface area contributed by atoms with Crippen molar-refractivity contribution in [3.05, 3.63) is 22.8 Å². The maximum Gasteiger partial charge on any atom is 0.136 e. The highest BCUT2D eigenvalue weighted by Gasteiger charge is 2.35. The maximum atomic E-state index is 9.66. The number of aliphatic hydroxyl groups is 2. The molecule has 1 aromatic heterocycles. The van der Waals surface area contributed by atoms with Crippen LogP contribution in [0.3, 0.4) is 0 Å². The number of aromatic nitrogens is 1. The molecule has 2 heterocycles. The molecule has 1 aromatic rings. The normalized spacial score (nSPS) is 28.6. The van der Waals surface area contributed by atoms with E-state index in [1.165, 1.54) is 11.8 Å². The third-order valence-electron chi connectivity index (χ3n) is 2.81. The van der Waals surface area contributed by atoms with Gasteiger partial charge in [0.15, 0.2) is 0 Å². The molecule has 1 aliphatic heterocycles. The Balaban J connectivity index is 2.18. The van der Waals surface area contributed by atoms with Gasteiger partial charge in [-0.15, -0.1) is 11.8 Å². The molecule has 0 radical (unpaired) electrons. The van der Waals surface area contributed by atoms with E-state index in [1.807, 2.05) is 18.4 Å². The van der Waals surface area contributed by atoms with Crippen molar-refractivity contribution < 1.29 is 14.9 Å². The van der Waals surface area contributed by atoms with Crippen LogP contribution in [0.4, 0.5) is 0 Å². The van der Waals surface area contributed by atoms with Gasteiger partial charge in [-0.25, -0.2) is 4.98 Å². The number of hydrogen-bond donors (Lipinski definition) is 2. The molecule has 0 amide bonds. The van der Waals surface area contributed by atoms with Crippen LogP contribution in [0.15, 0.2) is 17.2 Å². The standard InChI is InChI=1S/C11H14ClNO3S/c1-17-10-3-2-6(11(12)13-10)8-4-7(15)9(5-14)16-8/h2-3,7-9,14-15H,4-5H2,1H3/t7-,8+,9+/m0/s1. The summed E-state index contributed by atoms with van der Waals surface area (Å²) in [6.45, 7) is -0.189. The molecule has 1 saturated heterocycles. The van der Waals surface area contributed by atoms with Gasteiger partial charge < -0.3 is 14.9 Å². The average Bonchev–Trinajstić information content (AvgIpc) is 2.70. The third-order valence-corrected chi connectivity index (χ3v) is 3.76. The van der Waals surface area contributed by atoms with Crippen molar-refractivity contribution >= 4 is 23.4 Å². The second-order valence-electron chi connectivity index (χ2n) is 3.88. The Hall–Kier alpha value is -0.330. The van der Waals surface area contributed by atoms with Gasteiger partial charge >= 0.3 is 0 Å². The molecule has 0 aromatic carbocycles. The van der Waals surface area contributed by atoms with Gasteiger partial charge in [0.25, 0.3) is 0 Å². The summed E-state index contributed by atoms with van der Waals surface area (Å²) >= 11 is 7.59. The predicted octanol–water partition coefficient (Wildman–Crippen LogP) is 1.64. The molecule has 0 aliphatic carbocycles. The largest absolute Gasteiger partial charge is 0.394 e. The molecule has 1 aliphatic rings. The number of pyridine rings is 1. The van der Waals surface area contributed by atoms with Gasteiger partial charge in [0.2, 0.25) is 0 Å². The van der Waals surface area contributed by atoms with Crippen molar-refractivity contribution in [1.29, 1.82) is 0 Å². The van der Waals surface area contributed by atoms with Crippen molar-refractivity contribution in [2.45, 2.75) is 29.8 Å². The molecule has 0 unspecified atom stereocenters. The van der Waals surface area contributed by atoms with Gasteiger partial charge in [-0.3, -0.25) is 0 Å². The summed E-state index contributed by atoms with van der Waals surface area (Å²) in [5.74, 6) is 0. The molecule has 1 fully saturated rings. The molecular weight excluding hydrogens is 262 g/mol. The minimum Gasteiger partial charge on any atom is -0.394 e. The van der Waals surface area contributed by atoms with Crippen LogP contribution in [0, 0.1) is 0 Å². The fourth-order valence-corrected chi connectivity index (χ4v) is 2.59. The number of ether oxygens (including phenoxy) is 1. The third kappa shape index (κ3) is 2.74. The first-order valence-corrected chi connectivity index (χ1v) is 6.90. The summed E-state index contributed by atoms with van der Waals surface area (Å²) in [5.41, 5.74) is 0.763. The zero-order valence-electron chi connectivity index (χ0n) is 9.34. The molecule has 17 heavy (non-hydrogen) atoms. The second-order valence-corrected chi connectivity index (χ2v) is 5.07. The van der Waals surface area contributed by atoms with Crippen molar-refractivity contribution in [3.63, 3.8) is 0 Å². The molecule has 2 N–H and O–H groups in total. The Labute approximate surface area is 109 Å². The van der Waals surface area contributed by atoms with Crippen molar-refractivity contribution in [1.82, 2.24) is 4.98 Å². The summed E-state index contributed by atoms with van der Waals surface area (Å²) < 4.78 is 5.53. The Bertz CT molecular complexity index is 404.